The van der Waals surface area contributed by atoms with E-state index in [0.717, 1.165) is 6.42 Å². The topological polar surface area (TPSA) is 20.2 Å². The standard InChI is InChI=1S/C9H20O/c1-5-9(3,4)6-8(2)7-10/h8,10H,5-7H2,1-4H3. The Bertz CT molecular complexity index is 86.7. The third kappa shape index (κ3) is 3.89. The first-order valence-corrected chi connectivity index (χ1v) is 4.12. The summed E-state index contributed by atoms with van der Waals surface area (Å²) in [6.07, 6.45) is 2.32. The molecule has 0 aromatic rings. The Hall–Kier alpha value is -0.0400. The lowest BCUT2D eigenvalue weighted by Crippen LogP contribution is -2.16. The molecule has 0 aromatic heterocycles. The summed E-state index contributed by atoms with van der Waals surface area (Å²) in [6, 6.07) is 0. The highest BCUT2D eigenvalue weighted by Crippen LogP contribution is 2.28. The van der Waals surface area contributed by atoms with Crippen molar-refractivity contribution in [3.8, 4) is 0 Å². The lowest BCUT2D eigenvalue weighted by atomic mass is 9.81. The van der Waals surface area contributed by atoms with Gasteiger partial charge in [0.2, 0.25) is 0 Å². The van der Waals surface area contributed by atoms with Crippen LogP contribution in [0.15, 0.2) is 0 Å². The van der Waals surface area contributed by atoms with Gasteiger partial charge in [0.15, 0.2) is 0 Å². The number of hydrogen-bond donors (Lipinski definition) is 1. The molecule has 0 aliphatic rings. The molecule has 0 radical (unpaired) electrons. The average Bonchev–Trinajstić information content (AvgIpc) is 1.87. The van der Waals surface area contributed by atoms with Crippen molar-refractivity contribution in [2.45, 2.75) is 40.5 Å². The molecule has 62 valence electrons. The van der Waals surface area contributed by atoms with E-state index in [-0.39, 0.29) is 0 Å². The van der Waals surface area contributed by atoms with Crippen LogP contribution in [0.5, 0.6) is 0 Å². The van der Waals surface area contributed by atoms with Crippen LogP contribution in [0.25, 0.3) is 0 Å². The Kier molecular flexibility index (Phi) is 3.95. The Morgan fingerprint density at radius 1 is 1.40 bits per heavy atom. The molecule has 0 spiro atoms. The smallest absolute Gasteiger partial charge is 0.0456 e. The summed E-state index contributed by atoms with van der Waals surface area (Å²) in [5, 5.41) is 8.79. The van der Waals surface area contributed by atoms with Crippen molar-refractivity contribution in [2.75, 3.05) is 6.61 Å². The molecule has 1 N–H and O–H groups in total. The summed E-state index contributed by atoms with van der Waals surface area (Å²) < 4.78 is 0. The van der Waals surface area contributed by atoms with E-state index in [1.54, 1.807) is 0 Å². The molecule has 0 aromatic carbocycles. The monoisotopic (exact) mass is 144 g/mol. The first-order chi connectivity index (χ1) is 4.52. The van der Waals surface area contributed by atoms with E-state index in [1.807, 2.05) is 0 Å². The minimum absolute atomic E-state index is 0.323. The maximum atomic E-state index is 8.79. The largest absolute Gasteiger partial charge is 0.396 e. The van der Waals surface area contributed by atoms with Crippen molar-refractivity contribution in [1.82, 2.24) is 0 Å². The molecule has 0 bridgehead atoms. The number of hydrogen-bond acceptors (Lipinski definition) is 1. The summed E-state index contributed by atoms with van der Waals surface area (Å²) in [5.41, 5.74) is 0.405. The van der Waals surface area contributed by atoms with Crippen LogP contribution >= 0.6 is 0 Å². The van der Waals surface area contributed by atoms with Crippen LogP contribution in [0, 0.1) is 11.3 Å². The van der Waals surface area contributed by atoms with Crippen LogP contribution in [-0.4, -0.2) is 11.7 Å². The molecule has 1 nitrogen and oxygen atoms in total. The quantitative estimate of drug-likeness (QED) is 0.642. The molecule has 0 aliphatic heterocycles. The molecule has 0 saturated heterocycles. The van der Waals surface area contributed by atoms with Crippen molar-refractivity contribution >= 4 is 0 Å². The fourth-order valence-corrected chi connectivity index (χ4v) is 1.15. The Morgan fingerprint density at radius 3 is 2.20 bits per heavy atom. The Morgan fingerprint density at radius 2 is 1.90 bits per heavy atom. The summed E-state index contributed by atoms with van der Waals surface area (Å²) in [6.45, 7) is 9.11. The second-order valence-corrected chi connectivity index (χ2v) is 4.01. The molecule has 0 rings (SSSR count). The summed E-state index contributed by atoms with van der Waals surface area (Å²) in [7, 11) is 0. The van der Waals surface area contributed by atoms with E-state index < -0.39 is 0 Å². The van der Waals surface area contributed by atoms with E-state index >= 15 is 0 Å². The van der Waals surface area contributed by atoms with E-state index in [1.165, 1.54) is 6.42 Å². The summed E-state index contributed by atoms with van der Waals surface area (Å²) in [4.78, 5) is 0. The van der Waals surface area contributed by atoms with E-state index in [0.29, 0.717) is 17.9 Å². The second kappa shape index (κ2) is 3.97. The fourth-order valence-electron chi connectivity index (χ4n) is 1.15. The number of aliphatic hydroxyl groups excluding tert-OH is 1. The number of aliphatic hydroxyl groups is 1. The van der Waals surface area contributed by atoms with Crippen LogP contribution in [0.2, 0.25) is 0 Å². The lowest BCUT2D eigenvalue weighted by molar-refractivity contribution is 0.178. The molecule has 10 heavy (non-hydrogen) atoms. The zero-order valence-electron chi connectivity index (χ0n) is 7.65. The first-order valence-electron chi connectivity index (χ1n) is 4.12. The lowest BCUT2D eigenvalue weighted by Gasteiger charge is -2.25. The normalized spacial score (nSPS) is 15.3. The van der Waals surface area contributed by atoms with E-state index in [4.69, 9.17) is 5.11 Å². The first kappa shape index (κ1) is 9.96. The van der Waals surface area contributed by atoms with E-state index in [9.17, 15) is 0 Å². The molecular weight excluding hydrogens is 124 g/mol. The Balaban J connectivity index is 3.64. The number of rotatable bonds is 4. The van der Waals surface area contributed by atoms with Gasteiger partial charge in [-0.15, -0.1) is 0 Å². The third-order valence-electron chi connectivity index (χ3n) is 2.17. The fraction of sp³-hybridized carbons (Fsp3) is 1.00. The predicted octanol–water partition coefficient (Wildman–Crippen LogP) is 2.44. The van der Waals surface area contributed by atoms with Crippen molar-refractivity contribution in [1.29, 1.82) is 0 Å². The van der Waals surface area contributed by atoms with Crippen LogP contribution in [0.1, 0.15) is 40.5 Å². The van der Waals surface area contributed by atoms with Gasteiger partial charge in [0.05, 0.1) is 0 Å². The van der Waals surface area contributed by atoms with Gasteiger partial charge in [-0.2, -0.15) is 0 Å². The van der Waals surface area contributed by atoms with Crippen LogP contribution < -0.4 is 0 Å². The van der Waals surface area contributed by atoms with Gasteiger partial charge >= 0.3 is 0 Å². The molecule has 0 aliphatic carbocycles. The minimum Gasteiger partial charge on any atom is -0.396 e. The van der Waals surface area contributed by atoms with Crippen molar-refractivity contribution in [3.63, 3.8) is 0 Å². The molecule has 0 saturated carbocycles. The van der Waals surface area contributed by atoms with Gasteiger partial charge < -0.3 is 5.11 Å². The SMILES string of the molecule is CCC(C)(C)CC(C)CO. The van der Waals surface area contributed by atoms with Crippen molar-refractivity contribution in [2.24, 2.45) is 11.3 Å². The van der Waals surface area contributed by atoms with Crippen LogP contribution in [0.4, 0.5) is 0 Å². The van der Waals surface area contributed by atoms with Gasteiger partial charge in [-0.25, -0.2) is 0 Å². The molecule has 1 heteroatoms. The highest BCUT2D eigenvalue weighted by atomic mass is 16.3. The zero-order valence-corrected chi connectivity index (χ0v) is 7.65. The van der Waals surface area contributed by atoms with Gasteiger partial charge in [-0.1, -0.05) is 34.1 Å². The summed E-state index contributed by atoms with van der Waals surface area (Å²) in [5.74, 6) is 0.454. The highest BCUT2D eigenvalue weighted by molar-refractivity contribution is 4.69. The molecule has 1 unspecified atom stereocenters. The summed E-state index contributed by atoms with van der Waals surface area (Å²) >= 11 is 0. The van der Waals surface area contributed by atoms with Crippen molar-refractivity contribution in [3.05, 3.63) is 0 Å². The van der Waals surface area contributed by atoms with Gasteiger partial charge in [0.25, 0.3) is 0 Å². The minimum atomic E-state index is 0.323. The molecule has 1 atom stereocenters. The Labute approximate surface area is 64.5 Å². The molecule has 0 heterocycles. The van der Waals surface area contributed by atoms with Crippen LogP contribution in [-0.2, 0) is 0 Å². The van der Waals surface area contributed by atoms with Crippen molar-refractivity contribution < 1.29 is 5.11 Å². The second-order valence-electron chi connectivity index (χ2n) is 4.01. The average molecular weight is 144 g/mol. The van der Waals surface area contributed by atoms with Gasteiger partial charge in [-0.05, 0) is 17.8 Å². The third-order valence-corrected chi connectivity index (χ3v) is 2.17. The van der Waals surface area contributed by atoms with Gasteiger partial charge in [-0.3, -0.25) is 0 Å². The molecule has 0 fully saturated rings. The molecule has 0 amide bonds. The molecular formula is C9H20O. The van der Waals surface area contributed by atoms with E-state index in [2.05, 4.69) is 27.7 Å². The maximum absolute atomic E-state index is 8.79. The van der Waals surface area contributed by atoms with Gasteiger partial charge in [0.1, 0.15) is 0 Å². The van der Waals surface area contributed by atoms with Gasteiger partial charge in [0, 0.05) is 6.61 Å². The highest BCUT2D eigenvalue weighted by Gasteiger charge is 2.17. The maximum Gasteiger partial charge on any atom is 0.0456 e. The van der Waals surface area contributed by atoms with Crippen LogP contribution in [0.3, 0.4) is 0 Å². The predicted molar refractivity (Wildman–Crippen MR) is 44.9 cm³/mol. The zero-order chi connectivity index (χ0) is 8.20.